The fourth-order valence-electron chi connectivity index (χ4n) is 3.44. The van der Waals surface area contributed by atoms with E-state index < -0.39 is 11.2 Å². The number of rotatable bonds is 5. The fraction of sp³-hybridized carbons (Fsp3) is 0.333. The monoisotopic (exact) mass is 472 g/mol. The summed E-state index contributed by atoms with van der Waals surface area (Å²) in [6.07, 6.45) is 0. The van der Waals surface area contributed by atoms with E-state index in [-0.39, 0.29) is 22.6 Å². The number of aromatic nitrogens is 6. The summed E-state index contributed by atoms with van der Waals surface area (Å²) < 4.78 is 2.59. The molecule has 0 bridgehead atoms. The molecule has 0 spiro atoms. The molecule has 3 heterocycles. The Hall–Kier alpha value is -2.98. The number of H-pyrrole nitrogens is 1. The molecule has 0 fully saturated rings. The molecule has 0 amide bonds. The van der Waals surface area contributed by atoms with E-state index in [1.165, 1.54) is 23.4 Å². The third kappa shape index (κ3) is 4.07. The highest BCUT2D eigenvalue weighted by atomic mass is 35.5. The summed E-state index contributed by atoms with van der Waals surface area (Å²) in [7, 11) is 1.45. The summed E-state index contributed by atoms with van der Waals surface area (Å²) >= 11 is 7.28. The van der Waals surface area contributed by atoms with E-state index in [9.17, 15) is 14.4 Å². The molecule has 0 saturated carbocycles. The van der Waals surface area contributed by atoms with Gasteiger partial charge in [0.25, 0.3) is 11.1 Å². The van der Waals surface area contributed by atoms with Crippen LogP contribution in [-0.2, 0) is 19.3 Å². The topological polar surface area (TPSA) is 116 Å². The van der Waals surface area contributed by atoms with E-state index in [1.54, 1.807) is 25.1 Å². The lowest BCUT2D eigenvalue weighted by atomic mass is 10.2. The van der Waals surface area contributed by atoms with Crippen molar-refractivity contribution in [3.63, 3.8) is 0 Å². The van der Waals surface area contributed by atoms with E-state index >= 15 is 0 Å². The van der Waals surface area contributed by atoms with Crippen LogP contribution in [0.4, 0.5) is 0 Å². The highest BCUT2D eigenvalue weighted by molar-refractivity contribution is 7.98. The van der Waals surface area contributed by atoms with Gasteiger partial charge in [-0.05, 0) is 31.0 Å². The normalized spacial score (nSPS) is 11.7. The molecule has 166 valence electrons. The van der Waals surface area contributed by atoms with Crippen molar-refractivity contribution in [2.24, 2.45) is 13.0 Å². The van der Waals surface area contributed by atoms with Crippen LogP contribution in [0.15, 0.2) is 37.6 Å². The van der Waals surface area contributed by atoms with Crippen LogP contribution in [0.3, 0.4) is 0 Å². The number of benzene rings is 1. The number of aryl methyl sites for hydroxylation is 1. The minimum atomic E-state index is -0.459. The molecule has 4 rings (SSSR count). The smallest absolute Gasteiger partial charge is 0.309 e. The van der Waals surface area contributed by atoms with Gasteiger partial charge in [-0.2, -0.15) is 0 Å². The van der Waals surface area contributed by atoms with Gasteiger partial charge < -0.3 is 4.98 Å². The second-order valence-corrected chi connectivity index (χ2v) is 9.29. The Labute approximate surface area is 191 Å². The second-order valence-electron chi connectivity index (χ2n) is 7.89. The third-order valence-electron chi connectivity index (χ3n) is 4.87. The van der Waals surface area contributed by atoms with Gasteiger partial charge in [0, 0.05) is 18.6 Å². The molecule has 0 radical (unpaired) electrons. The quantitative estimate of drug-likeness (QED) is 0.350. The molecular formula is C21H21ClN6O3S. The van der Waals surface area contributed by atoms with Crippen LogP contribution >= 0.6 is 23.4 Å². The predicted molar refractivity (Wildman–Crippen MR) is 126 cm³/mol. The number of nitrogens with zero attached hydrogens (tertiary/aromatic N) is 5. The number of nitrogens with one attached hydrogen (secondary N) is 1. The largest absolute Gasteiger partial charge is 0.332 e. The van der Waals surface area contributed by atoms with Crippen LogP contribution in [-0.4, -0.2) is 29.1 Å². The van der Waals surface area contributed by atoms with Gasteiger partial charge in [0.05, 0.1) is 16.7 Å². The van der Waals surface area contributed by atoms with Gasteiger partial charge in [0.1, 0.15) is 22.1 Å². The Morgan fingerprint density at radius 2 is 1.91 bits per heavy atom. The number of hydrogen-bond acceptors (Lipinski definition) is 7. The van der Waals surface area contributed by atoms with Crippen molar-refractivity contribution in [2.45, 2.75) is 38.1 Å². The summed E-state index contributed by atoms with van der Waals surface area (Å²) in [5.74, 6) is 1.30. The minimum absolute atomic E-state index is 0.179. The zero-order valence-electron chi connectivity index (χ0n) is 18.0. The molecule has 0 atom stereocenters. The highest BCUT2D eigenvalue weighted by Gasteiger charge is 2.19. The average molecular weight is 473 g/mol. The van der Waals surface area contributed by atoms with Crippen LogP contribution < -0.4 is 16.8 Å². The zero-order valence-corrected chi connectivity index (χ0v) is 19.5. The molecule has 0 aliphatic carbocycles. The first-order valence-corrected chi connectivity index (χ1v) is 11.3. The summed E-state index contributed by atoms with van der Waals surface area (Å²) in [6, 6.07) is 4.89. The Bertz CT molecular complexity index is 1540. The van der Waals surface area contributed by atoms with Crippen molar-refractivity contribution in [1.29, 1.82) is 0 Å². The van der Waals surface area contributed by atoms with Crippen molar-refractivity contribution >= 4 is 45.3 Å². The van der Waals surface area contributed by atoms with Gasteiger partial charge in [-0.25, -0.2) is 19.7 Å². The average Bonchev–Trinajstić information content (AvgIpc) is 2.72. The maximum Gasteiger partial charge on any atom is 0.332 e. The van der Waals surface area contributed by atoms with Gasteiger partial charge in [0.15, 0.2) is 5.65 Å². The molecule has 3 aromatic heterocycles. The summed E-state index contributed by atoms with van der Waals surface area (Å²) in [4.78, 5) is 54.2. The van der Waals surface area contributed by atoms with Crippen molar-refractivity contribution < 1.29 is 0 Å². The lowest BCUT2D eigenvalue weighted by Gasteiger charge is -2.15. The zero-order chi connectivity index (χ0) is 23.2. The van der Waals surface area contributed by atoms with Crippen molar-refractivity contribution in [3.8, 4) is 0 Å². The molecule has 32 heavy (non-hydrogen) atoms. The van der Waals surface area contributed by atoms with Gasteiger partial charge in [-0.3, -0.25) is 18.7 Å². The van der Waals surface area contributed by atoms with Crippen LogP contribution in [0.25, 0.3) is 21.9 Å². The van der Waals surface area contributed by atoms with Gasteiger partial charge >= 0.3 is 5.69 Å². The maximum atomic E-state index is 13.0. The number of hydrogen-bond donors (Lipinski definition) is 1. The van der Waals surface area contributed by atoms with Crippen LogP contribution in [0.5, 0.6) is 0 Å². The molecule has 0 unspecified atom stereocenters. The van der Waals surface area contributed by atoms with Gasteiger partial charge in [0.2, 0.25) is 0 Å². The Morgan fingerprint density at radius 3 is 2.62 bits per heavy atom. The molecular weight excluding hydrogens is 452 g/mol. The molecule has 1 aromatic carbocycles. The minimum Gasteiger partial charge on any atom is -0.309 e. The third-order valence-corrected chi connectivity index (χ3v) is 6.09. The van der Waals surface area contributed by atoms with Crippen LogP contribution in [0.1, 0.15) is 25.5 Å². The number of aromatic amines is 1. The first kappa shape index (κ1) is 22.2. The van der Waals surface area contributed by atoms with Crippen molar-refractivity contribution in [2.75, 3.05) is 0 Å². The lowest BCUT2D eigenvalue weighted by Crippen LogP contribution is -2.39. The van der Waals surface area contributed by atoms with Crippen molar-refractivity contribution in [1.82, 2.24) is 29.1 Å². The van der Waals surface area contributed by atoms with E-state index in [4.69, 9.17) is 11.6 Å². The Kier molecular flexibility index (Phi) is 5.91. The highest BCUT2D eigenvalue weighted by Crippen LogP contribution is 2.25. The SMILES string of the molecule is Cc1nc(SCc2nc3cc(Cl)ccc3c(=O)[nH]2)c2c(=O)n(C)c(=O)n(CC(C)C)c2n1. The van der Waals surface area contributed by atoms with Crippen LogP contribution in [0, 0.1) is 12.8 Å². The molecule has 4 aromatic rings. The standard InChI is InChI=1S/C21H21ClN6O3S/c1-10(2)8-28-17-16(20(30)27(4)21(28)31)19(24-11(3)23-17)32-9-15-25-14-7-12(22)5-6-13(14)18(29)26-15/h5-7,10H,8-9H2,1-4H3,(H,25,26,29). The van der Waals surface area contributed by atoms with E-state index in [0.717, 1.165) is 4.57 Å². The van der Waals surface area contributed by atoms with E-state index in [1.807, 2.05) is 13.8 Å². The molecule has 0 aliphatic heterocycles. The molecule has 0 saturated heterocycles. The number of halogens is 1. The molecule has 1 N–H and O–H groups in total. The summed E-state index contributed by atoms with van der Waals surface area (Å²) in [6.45, 7) is 6.11. The van der Waals surface area contributed by atoms with Crippen molar-refractivity contribution in [3.05, 3.63) is 66.1 Å². The number of fused-ring (bicyclic) bond motifs is 2. The van der Waals surface area contributed by atoms with E-state index in [0.29, 0.717) is 44.8 Å². The van der Waals surface area contributed by atoms with Crippen LogP contribution in [0.2, 0.25) is 5.02 Å². The Balaban J connectivity index is 1.83. The first-order chi connectivity index (χ1) is 15.2. The second kappa shape index (κ2) is 8.51. The van der Waals surface area contributed by atoms with Gasteiger partial charge in [-0.1, -0.05) is 37.2 Å². The maximum absolute atomic E-state index is 13.0. The summed E-state index contributed by atoms with van der Waals surface area (Å²) in [5.41, 5.74) is -0.342. The molecule has 9 nitrogen and oxygen atoms in total. The lowest BCUT2D eigenvalue weighted by molar-refractivity contribution is 0.498. The molecule has 11 heteroatoms. The summed E-state index contributed by atoms with van der Waals surface area (Å²) in [5, 5.41) is 1.63. The van der Waals surface area contributed by atoms with Gasteiger partial charge in [-0.15, -0.1) is 0 Å². The predicted octanol–water partition coefficient (Wildman–Crippen LogP) is 2.64. The molecule has 0 aliphatic rings. The number of thioether (sulfide) groups is 1. The Morgan fingerprint density at radius 1 is 1.16 bits per heavy atom. The fourth-order valence-corrected chi connectivity index (χ4v) is 4.54. The first-order valence-electron chi connectivity index (χ1n) is 9.95. The van der Waals surface area contributed by atoms with E-state index in [2.05, 4.69) is 19.9 Å².